The van der Waals surface area contributed by atoms with Gasteiger partial charge in [-0.05, 0) is 13.5 Å². The van der Waals surface area contributed by atoms with Gasteiger partial charge in [-0.2, -0.15) is 4.31 Å². The number of rotatable bonds is 2. The van der Waals surface area contributed by atoms with Gasteiger partial charge in [0.05, 0.1) is 25.1 Å². The summed E-state index contributed by atoms with van der Waals surface area (Å²) in [6.45, 7) is 2.33. The molecule has 2 aliphatic heterocycles. The number of likely N-dealkylation sites (tertiary alicyclic amines) is 1. The molecule has 118 valence electrons. The van der Waals surface area contributed by atoms with Crippen LogP contribution >= 0.6 is 11.6 Å². The van der Waals surface area contributed by atoms with Crippen molar-refractivity contribution in [2.45, 2.75) is 23.6 Å². The maximum atomic E-state index is 12.9. The van der Waals surface area contributed by atoms with Gasteiger partial charge >= 0.3 is 0 Å². The Morgan fingerprint density at radius 2 is 2.14 bits per heavy atom. The van der Waals surface area contributed by atoms with Crippen LogP contribution in [0.1, 0.15) is 6.42 Å². The average Bonchev–Trinajstić information content (AvgIpc) is 2.78. The fraction of sp³-hybridized carbons (Fsp3) is 0.750. The molecule has 0 aromatic carbocycles. The molecule has 3 heterocycles. The van der Waals surface area contributed by atoms with Gasteiger partial charge in [-0.3, -0.25) is 0 Å². The van der Waals surface area contributed by atoms with Crippen molar-refractivity contribution in [2.75, 3.05) is 33.3 Å². The van der Waals surface area contributed by atoms with Crippen molar-refractivity contribution in [1.82, 2.24) is 18.8 Å². The Bertz CT molecular complexity index is 632. The quantitative estimate of drug-likeness (QED) is 0.771. The van der Waals surface area contributed by atoms with Crippen molar-refractivity contribution in [3.63, 3.8) is 0 Å². The van der Waals surface area contributed by atoms with Gasteiger partial charge in [-0.15, -0.1) is 0 Å². The Hall–Kier alpha value is -0.670. The summed E-state index contributed by atoms with van der Waals surface area (Å²) in [5.41, 5.74) is 0. The average molecular weight is 335 g/mol. The molecule has 2 aliphatic rings. The SMILES string of the molecule is CN1CC[C@@H]2OCCN(S(=O)(=O)c3ncn(C)c3Cl)[C@@H]2C1. The summed E-state index contributed by atoms with van der Waals surface area (Å²) in [4.78, 5) is 6.09. The number of hydrogen-bond donors (Lipinski definition) is 0. The van der Waals surface area contributed by atoms with Crippen LogP contribution in [0.3, 0.4) is 0 Å². The van der Waals surface area contributed by atoms with Crippen LogP contribution in [0.4, 0.5) is 0 Å². The van der Waals surface area contributed by atoms with Gasteiger partial charge < -0.3 is 14.2 Å². The lowest BCUT2D eigenvalue weighted by Crippen LogP contribution is -2.60. The maximum Gasteiger partial charge on any atom is 0.264 e. The highest BCUT2D eigenvalue weighted by molar-refractivity contribution is 7.89. The predicted molar refractivity (Wildman–Crippen MR) is 77.8 cm³/mol. The monoisotopic (exact) mass is 334 g/mol. The number of sulfonamides is 1. The zero-order valence-corrected chi connectivity index (χ0v) is 13.6. The molecular weight excluding hydrogens is 316 g/mol. The van der Waals surface area contributed by atoms with Crippen molar-refractivity contribution in [2.24, 2.45) is 7.05 Å². The van der Waals surface area contributed by atoms with E-state index < -0.39 is 10.0 Å². The Morgan fingerprint density at radius 3 is 2.81 bits per heavy atom. The number of aromatic nitrogens is 2. The largest absolute Gasteiger partial charge is 0.375 e. The minimum atomic E-state index is -3.70. The fourth-order valence-electron chi connectivity index (χ4n) is 2.98. The smallest absolute Gasteiger partial charge is 0.264 e. The van der Waals surface area contributed by atoms with E-state index in [2.05, 4.69) is 9.88 Å². The second-order valence-electron chi connectivity index (χ2n) is 5.59. The Morgan fingerprint density at radius 1 is 1.38 bits per heavy atom. The summed E-state index contributed by atoms with van der Waals surface area (Å²) in [6.07, 6.45) is 2.20. The van der Waals surface area contributed by atoms with Crippen molar-refractivity contribution >= 4 is 21.6 Å². The van der Waals surface area contributed by atoms with Crippen molar-refractivity contribution in [3.05, 3.63) is 11.5 Å². The third-order valence-electron chi connectivity index (χ3n) is 4.12. The maximum absolute atomic E-state index is 12.9. The van der Waals surface area contributed by atoms with Crippen molar-refractivity contribution in [1.29, 1.82) is 0 Å². The Balaban J connectivity index is 1.95. The number of ether oxygens (including phenoxy) is 1. The number of halogens is 1. The zero-order chi connectivity index (χ0) is 15.2. The van der Waals surface area contributed by atoms with Gasteiger partial charge in [0.25, 0.3) is 10.0 Å². The molecule has 21 heavy (non-hydrogen) atoms. The summed E-state index contributed by atoms with van der Waals surface area (Å²) < 4.78 is 34.5. The third-order valence-corrected chi connectivity index (χ3v) is 6.54. The predicted octanol–water partition coefficient (Wildman–Crippen LogP) is 0.167. The van der Waals surface area contributed by atoms with E-state index in [9.17, 15) is 8.42 Å². The summed E-state index contributed by atoms with van der Waals surface area (Å²) in [7, 11) is -0.0420. The summed E-state index contributed by atoms with van der Waals surface area (Å²) >= 11 is 6.07. The molecule has 2 atom stereocenters. The lowest BCUT2D eigenvalue weighted by Gasteiger charge is -2.45. The number of morpholine rings is 1. The standard InChI is InChI=1S/C12H19ClN4O3S/c1-15-4-3-10-9(7-15)17(5-6-20-10)21(18,19)12-11(13)16(2)8-14-12/h8-10H,3-7H2,1-2H3/t9-,10+/m1/s1. The van der Waals surface area contributed by atoms with E-state index in [0.29, 0.717) is 19.7 Å². The second-order valence-corrected chi connectivity index (χ2v) is 7.76. The number of hydrogen-bond acceptors (Lipinski definition) is 5. The van der Waals surface area contributed by atoms with E-state index in [1.807, 2.05) is 7.05 Å². The molecule has 1 aromatic rings. The van der Waals surface area contributed by atoms with Crippen LogP contribution in [0.15, 0.2) is 11.4 Å². The lowest BCUT2D eigenvalue weighted by molar-refractivity contribution is -0.0720. The minimum Gasteiger partial charge on any atom is -0.375 e. The van der Waals surface area contributed by atoms with Crippen molar-refractivity contribution < 1.29 is 13.2 Å². The number of imidazole rings is 1. The van der Waals surface area contributed by atoms with Crippen LogP contribution in [-0.2, 0) is 21.8 Å². The first-order chi connectivity index (χ1) is 9.91. The summed E-state index contributed by atoms with van der Waals surface area (Å²) in [5, 5.41) is 0.0720. The van der Waals surface area contributed by atoms with Gasteiger partial charge in [-0.25, -0.2) is 13.4 Å². The first-order valence-corrected chi connectivity index (χ1v) is 8.72. The molecule has 0 bridgehead atoms. The second kappa shape index (κ2) is 5.51. The third kappa shape index (κ3) is 2.59. The molecule has 0 saturated carbocycles. The van der Waals surface area contributed by atoms with E-state index in [4.69, 9.17) is 16.3 Å². The number of fused-ring (bicyclic) bond motifs is 1. The molecule has 0 N–H and O–H groups in total. The van der Waals surface area contributed by atoms with Gasteiger partial charge in [0, 0.05) is 26.7 Å². The number of nitrogens with zero attached hydrogens (tertiary/aromatic N) is 4. The topological polar surface area (TPSA) is 67.7 Å². The first-order valence-electron chi connectivity index (χ1n) is 6.90. The molecule has 0 radical (unpaired) electrons. The van der Waals surface area contributed by atoms with Gasteiger partial charge in [-0.1, -0.05) is 11.6 Å². The van der Waals surface area contributed by atoms with Crippen molar-refractivity contribution in [3.8, 4) is 0 Å². The zero-order valence-electron chi connectivity index (χ0n) is 12.1. The lowest BCUT2D eigenvalue weighted by atomic mass is 10.0. The van der Waals surface area contributed by atoms with Crippen LogP contribution in [-0.4, -0.2) is 72.6 Å². The Kier molecular flexibility index (Phi) is 4.00. The molecule has 0 unspecified atom stereocenters. The highest BCUT2D eigenvalue weighted by Gasteiger charge is 2.43. The van der Waals surface area contributed by atoms with E-state index in [0.717, 1.165) is 13.0 Å². The Labute approximate surface area is 129 Å². The molecule has 3 rings (SSSR count). The summed E-state index contributed by atoms with van der Waals surface area (Å²) in [5.74, 6) is 0. The van der Waals surface area contributed by atoms with E-state index in [-0.39, 0.29) is 22.3 Å². The molecule has 0 aliphatic carbocycles. The summed E-state index contributed by atoms with van der Waals surface area (Å²) in [6, 6.07) is -0.180. The molecule has 0 spiro atoms. The number of aryl methyl sites for hydroxylation is 1. The molecular formula is C12H19ClN4O3S. The van der Waals surface area contributed by atoms with E-state index in [1.165, 1.54) is 15.2 Å². The highest BCUT2D eigenvalue weighted by Crippen LogP contribution is 2.30. The van der Waals surface area contributed by atoms with Crippen LogP contribution in [0, 0.1) is 0 Å². The molecule has 1 aromatic heterocycles. The van der Waals surface area contributed by atoms with Gasteiger partial charge in [0.2, 0.25) is 5.03 Å². The van der Waals surface area contributed by atoms with Gasteiger partial charge in [0.1, 0.15) is 5.15 Å². The molecule has 7 nitrogen and oxygen atoms in total. The normalized spacial score (nSPS) is 28.5. The van der Waals surface area contributed by atoms with Crippen LogP contribution < -0.4 is 0 Å². The highest BCUT2D eigenvalue weighted by atomic mass is 35.5. The number of piperidine rings is 1. The molecule has 2 fully saturated rings. The molecule has 2 saturated heterocycles. The van der Waals surface area contributed by atoms with Crippen LogP contribution in [0.2, 0.25) is 5.15 Å². The first kappa shape index (κ1) is 15.2. The van der Waals surface area contributed by atoms with E-state index in [1.54, 1.807) is 7.05 Å². The molecule has 0 amide bonds. The minimum absolute atomic E-state index is 0.0489. The number of likely N-dealkylation sites (N-methyl/N-ethyl adjacent to an activating group) is 1. The van der Waals surface area contributed by atoms with Gasteiger partial charge in [0.15, 0.2) is 0 Å². The van der Waals surface area contributed by atoms with Crippen LogP contribution in [0.5, 0.6) is 0 Å². The fourth-order valence-corrected chi connectivity index (χ4v) is 4.99. The van der Waals surface area contributed by atoms with Crippen LogP contribution in [0.25, 0.3) is 0 Å². The molecule has 9 heteroatoms. The van der Waals surface area contributed by atoms with E-state index >= 15 is 0 Å².